The highest BCUT2D eigenvalue weighted by Crippen LogP contribution is 2.28. The molecule has 2 aromatic carbocycles. The number of nitrogens with zero attached hydrogens (tertiary/aromatic N) is 2. The van der Waals surface area contributed by atoms with Crippen LogP contribution in [-0.4, -0.2) is 56.3 Å². The summed E-state index contributed by atoms with van der Waals surface area (Å²) in [7, 11) is -3.49. The second kappa shape index (κ2) is 9.29. The van der Waals surface area contributed by atoms with Crippen LogP contribution in [-0.2, 0) is 14.8 Å². The molecule has 4 rings (SSSR count). The Bertz CT molecular complexity index is 964. The first-order valence-electron chi connectivity index (χ1n) is 10.7. The molecule has 6 nitrogen and oxygen atoms in total. The Labute approximate surface area is 178 Å². The van der Waals surface area contributed by atoms with Crippen molar-refractivity contribution in [1.29, 1.82) is 0 Å². The minimum Gasteiger partial charge on any atom is -0.325 e. The molecule has 30 heavy (non-hydrogen) atoms. The zero-order valence-corrected chi connectivity index (χ0v) is 18.0. The third-order valence-corrected chi connectivity index (χ3v) is 7.94. The second-order valence-electron chi connectivity index (χ2n) is 8.15. The van der Waals surface area contributed by atoms with Gasteiger partial charge < -0.3 is 5.32 Å². The molecule has 0 spiro atoms. The number of rotatable bonds is 6. The number of carbonyl (C=O) groups is 1. The highest BCUT2D eigenvalue weighted by atomic mass is 32.2. The first-order chi connectivity index (χ1) is 14.5. The Kier molecular flexibility index (Phi) is 6.51. The van der Waals surface area contributed by atoms with Crippen molar-refractivity contribution in [3.63, 3.8) is 0 Å². The van der Waals surface area contributed by atoms with Crippen molar-refractivity contribution in [3.8, 4) is 0 Å². The van der Waals surface area contributed by atoms with Crippen LogP contribution in [0.15, 0.2) is 59.5 Å². The maximum atomic E-state index is 12.7. The number of likely N-dealkylation sites (tertiary alicyclic amines) is 1. The van der Waals surface area contributed by atoms with E-state index in [0.29, 0.717) is 31.2 Å². The van der Waals surface area contributed by atoms with Crippen LogP contribution in [0.4, 0.5) is 5.69 Å². The standard InChI is InChI=1S/C23H29N3O3S/c27-23(18-25-15-11-20(12-16-25)19-7-2-1-3-8-19)24-21-9-6-10-22(17-21)30(28,29)26-13-4-5-14-26/h1-3,6-10,17,20H,4-5,11-16,18H2,(H,24,27). The molecule has 160 valence electrons. The first-order valence-corrected chi connectivity index (χ1v) is 12.1. The quantitative estimate of drug-likeness (QED) is 0.768. The molecule has 0 radical (unpaired) electrons. The van der Waals surface area contributed by atoms with Gasteiger partial charge in [-0.05, 0) is 68.5 Å². The summed E-state index contributed by atoms with van der Waals surface area (Å²) in [6.07, 6.45) is 3.88. The fourth-order valence-electron chi connectivity index (χ4n) is 4.37. The van der Waals surface area contributed by atoms with Crippen LogP contribution in [0.3, 0.4) is 0 Å². The van der Waals surface area contributed by atoms with E-state index in [2.05, 4.69) is 34.5 Å². The lowest BCUT2D eigenvalue weighted by molar-refractivity contribution is -0.117. The predicted molar refractivity (Wildman–Crippen MR) is 118 cm³/mol. The molecule has 2 aromatic rings. The van der Waals surface area contributed by atoms with Gasteiger partial charge in [0.2, 0.25) is 15.9 Å². The minimum atomic E-state index is -3.49. The van der Waals surface area contributed by atoms with Gasteiger partial charge in [0.05, 0.1) is 11.4 Å². The molecule has 2 aliphatic rings. The third-order valence-electron chi connectivity index (χ3n) is 6.05. The maximum Gasteiger partial charge on any atom is 0.243 e. The topological polar surface area (TPSA) is 69.7 Å². The van der Waals surface area contributed by atoms with Crippen LogP contribution in [0.2, 0.25) is 0 Å². The van der Waals surface area contributed by atoms with Crippen molar-refractivity contribution in [3.05, 3.63) is 60.2 Å². The smallest absolute Gasteiger partial charge is 0.243 e. The van der Waals surface area contributed by atoms with Gasteiger partial charge >= 0.3 is 0 Å². The number of piperidine rings is 1. The van der Waals surface area contributed by atoms with Crippen molar-refractivity contribution in [2.24, 2.45) is 0 Å². The van der Waals surface area contributed by atoms with Crippen molar-refractivity contribution in [2.45, 2.75) is 36.5 Å². The molecular weight excluding hydrogens is 398 g/mol. The van der Waals surface area contributed by atoms with Gasteiger partial charge in [0, 0.05) is 18.8 Å². The average Bonchev–Trinajstić information content (AvgIpc) is 3.31. The van der Waals surface area contributed by atoms with Crippen molar-refractivity contribution >= 4 is 21.6 Å². The van der Waals surface area contributed by atoms with Gasteiger partial charge in [-0.1, -0.05) is 36.4 Å². The first kappa shape index (κ1) is 21.0. The average molecular weight is 428 g/mol. The number of hydrogen-bond acceptors (Lipinski definition) is 4. The zero-order chi connectivity index (χ0) is 21.0. The fourth-order valence-corrected chi connectivity index (χ4v) is 5.93. The number of sulfonamides is 1. The minimum absolute atomic E-state index is 0.108. The molecule has 2 fully saturated rings. The van der Waals surface area contributed by atoms with E-state index in [1.807, 2.05) is 6.07 Å². The SMILES string of the molecule is O=C(CN1CCC(c2ccccc2)CC1)Nc1cccc(S(=O)(=O)N2CCCC2)c1. The lowest BCUT2D eigenvalue weighted by Gasteiger charge is -2.31. The van der Waals surface area contributed by atoms with Gasteiger partial charge in [0.15, 0.2) is 0 Å². The van der Waals surface area contributed by atoms with Gasteiger partial charge in [-0.2, -0.15) is 4.31 Å². The number of benzene rings is 2. The number of carbonyl (C=O) groups excluding carboxylic acids is 1. The lowest BCUT2D eigenvalue weighted by Crippen LogP contribution is -2.38. The van der Waals surface area contributed by atoms with Crippen molar-refractivity contribution < 1.29 is 13.2 Å². The van der Waals surface area contributed by atoms with Crippen LogP contribution in [0.1, 0.15) is 37.2 Å². The summed E-state index contributed by atoms with van der Waals surface area (Å²) in [5.41, 5.74) is 1.90. The molecule has 2 saturated heterocycles. The molecule has 1 N–H and O–H groups in total. The van der Waals surface area contributed by atoms with E-state index in [1.165, 1.54) is 9.87 Å². The summed E-state index contributed by atoms with van der Waals surface area (Å²) in [6, 6.07) is 17.1. The molecule has 0 aromatic heterocycles. The summed E-state index contributed by atoms with van der Waals surface area (Å²) < 4.78 is 27.0. The zero-order valence-electron chi connectivity index (χ0n) is 17.2. The molecule has 2 aliphatic heterocycles. The summed E-state index contributed by atoms with van der Waals surface area (Å²) >= 11 is 0. The van der Waals surface area contributed by atoms with Crippen LogP contribution < -0.4 is 5.32 Å². The molecule has 1 amide bonds. The summed E-state index contributed by atoms with van der Waals surface area (Å²) in [6.45, 7) is 3.23. The van der Waals surface area contributed by atoms with Gasteiger partial charge in [-0.3, -0.25) is 9.69 Å². The van der Waals surface area contributed by atoms with Crippen molar-refractivity contribution in [2.75, 3.05) is 38.0 Å². The van der Waals surface area contributed by atoms with E-state index in [0.717, 1.165) is 38.8 Å². The number of nitrogens with one attached hydrogen (secondary N) is 1. The third kappa shape index (κ3) is 4.91. The van der Waals surface area contributed by atoms with Gasteiger partial charge in [0.25, 0.3) is 0 Å². The number of amides is 1. The molecule has 0 unspecified atom stereocenters. The fraction of sp³-hybridized carbons (Fsp3) is 0.435. The molecule has 0 saturated carbocycles. The second-order valence-corrected chi connectivity index (χ2v) is 10.1. The molecular formula is C23H29N3O3S. The molecule has 0 aliphatic carbocycles. The monoisotopic (exact) mass is 427 g/mol. The van der Waals surface area contributed by atoms with Crippen LogP contribution in [0, 0.1) is 0 Å². The number of hydrogen-bond donors (Lipinski definition) is 1. The van der Waals surface area contributed by atoms with Gasteiger partial charge in [-0.15, -0.1) is 0 Å². The van der Waals surface area contributed by atoms with E-state index in [1.54, 1.807) is 24.3 Å². The highest BCUT2D eigenvalue weighted by molar-refractivity contribution is 7.89. The highest BCUT2D eigenvalue weighted by Gasteiger charge is 2.27. The Morgan fingerprint density at radius 2 is 1.63 bits per heavy atom. The van der Waals surface area contributed by atoms with Crippen LogP contribution in [0.5, 0.6) is 0 Å². The normalized spacial score (nSPS) is 19.1. The Hall–Kier alpha value is -2.22. The molecule has 2 heterocycles. The largest absolute Gasteiger partial charge is 0.325 e. The van der Waals surface area contributed by atoms with E-state index in [4.69, 9.17) is 0 Å². The molecule has 7 heteroatoms. The van der Waals surface area contributed by atoms with E-state index >= 15 is 0 Å². The summed E-state index contributed by atoms with van der Waals surface area (Å²) in [5.74, 6) is 0.446. The van der Waals surface area contributed by atoms with E-state index in [9.17, 15) is 13.2 Å². The van der Waals surface area contributed by atoms with Crippen molar-refractivity contribution in [1.82, 2.24) is 9.21 Å². The van der Waals surface area contributed by atoms with Crippen LogP contribution >= 0.6 is 0 Å². The van der Waals surface area contributed by atoms with Gasteiger partial charge in [-0.25, -0.2) is 8.42 Å². The maximum absolute atomic E-state index is 12.7. The Morgan fingerprint density at radius 1 is 0.933 bits per heavy atom. The number of anilines is 1. The Balaban J connectivity index is 1.31. The Morgan fingerprint density at radius 3 is 2.33 bits per heavy atom. The van der Waals surface area contributed by atoms with E-state index in [-0.39, 0.29) is 10.8 Å². The summed E-state index contributed by atoms with van der Waals surface area (Å²) in [4.78, 5) is 14.9. The van der Waals surface area contributed by atoms with E-state index < -0.39 is 10.0 Å². The molecule has 0 bridgehead atoms. The lowest BCUT2D eigenvalue weighted by atomic mass is 9.89. The molecule has 0 atom stereocenters. The van der Waals surface area contributed by atoms with Crippen LogP contribution in [0.25, 0.3) is 0 Å². The predicted octanol–water partition coefficient (Wildman–Crippen LogP) is 3.29. The van der Waals surface area contributed by atoms with Gasteiger partial charge in [0.1, 0.15) is 0 Å². The summed E-state index contributed by atoms with van der Waals surface area (Å²) in [5, 5.41) is 2.87.